The summed E-state index contributed by atoms with van der Waals surface area (Å²) in [6, 6.07) is 3.75. The molecule has 29 heteroatoms. The van der Waals surface area contributed by atoms with Gasteiger partial charge in [-0.2, -0.15) is 0 Å². The molecule has 0 aliphatic carbocycles. The van der Waals surface area contributed by atoms with Crippen LogP contribution >= 0.6 is 0 Å². The van der Waals surface area contributed by atoms with Crippen LogP contribution in [0.3, 0.4) is 0 Å². The second-order valence-electron chi connectivity index (χ2n) is 20.3. The van der Waals surface area contributed by atoms with E-state index in [1.54, 1.807) is 61.9 Å². The van der Waals surface area contributed by atoms with Crippen LogP contribution in [0.2, 0.25) is 0 Å². The summed E-state index contributed by atoms with van der Waals surface area (Å²) >= 11 is 0. The number of carboxylic acids is 2. The van der Waals surface area contributed by atoms with Gasteiger partial charge < -0.3 is 67.7 Å². The molecule has 83 heavy (non-hydrogen) atoms. The first-order chi connectivity index (χ1) is 39.0. The van der Waals surface area contributed by atoms with Crippen LogP contribution < -0.4 is 43.0 Å². The Morgan fingerprint density at radius 2 is 1.27 bits per heavy atom. The standard InChI is InChI=1S/C54H67F2N11O16/c1-29(60-30(2)69)49(79)63-39(24-47(77)78)53(83)64-38(23-41(57)70)52(82)62-37(51(81)59-19-18-58-50(80)36(13-16-46(75)76)61-42(71)27-67-43(72)14-15-44(67)73)17-20-66(45(74)28-68)48(54(3,4)5)40-21-32(34-22-33(55)11-12-35(34)56)26-65(40)25-31-9-7-6-8-10-31/h6-12,14-15,21-22,26,29,36-39,48,68H,13,16-20,23-25,27-28H2,1-5H3,(H2,57,70)(H,58,80)(H,59,81)(H,60,69)(H,61,71)(H,62,82)(H,63,79)(H,64,83)(H,75,76)(H,77,78)/t29-,36+,37-,38-,39+,48-/m0/s1. The van der Waals surface area contributed by atoms with Crippen LogP contribution in [0.15, 0.2) is 72.9 Å². The van der Waals surface area contributed by atoms with E-state index in [1.807, 2.05) is 0 Å². The molecule has 27 nitrogen and oxygen atoms in total. The Kier molecular flexibility index (Phi) is 24.2. The summed E-state index contributed by atoms with van der Waals surface area (Å²) in [5.74, 6) is -15.5. The Balaban J connectivity index is 1.72. The highest BCUT2D eigenvalue weighted by Crippen LogP contribution is 2.41. The minimum absolute atomic E-state index is 0.124. The van der Waals surface area contributed by atoms with Crippen LogP contribution in [0.4, 0.5) is 8.78 Å². The quantitative estimate of drug-likeness (QED) is 0.0261. The van der Waals surface area contributed by atoms with Crippen molar-refractivity contribution in [2.24, 2.45) is 11.1 Å². The van der Waals surface area contributed by atoms with Gasteiger partial charge in [-0.1, -0.05) is 51.1 Å². The molecule has 0 bridgehead atoms. The Morgan fingerprint density at radius 3 is 1.81 bits per heavy atom. The van der Waals surface area contributed by atoms with E-state index >= 15 is 4.39 Å². The molecule has 3 aromatic rings. The SMILES string of the molecule is CC(=O)N[C@@H](C)C(=O)N[C@H](CC(=O)O)C(=O)N[C@@H](CC(N)=O)C(=O)N[C@@H](CCN(C(=O)CO)[C@@H](c1cc(-c2cc(F)ccc2F)cn1Cc1ccccc1)C(C)(C)C)C(=O)NCCNC(=O)[C@@H](CCC(=O)O)NC(=O)CN1C(=O)C=CC1=O. The number of carboxylic acid groups (broad SMARTS) is 2. The molecule has 2 aromatic carbocycles. The number of primary amides is 1. The van der Waals surface area contributed by atoms with Gasteiger partial charge in [0.2, 0.25) is 53.2 Å². The molecule has 0 radical (unpaired) electrons. The summed E-state index contributed by atoms with van der Waals surface area (Å²) in [6.45, 7) is 4.33. The van der Waals surface area contributed by atoms with E-state index < -0.39 is 195 Å². The van der Waals surface area contributed by atoms with Crippen molar-refractivity contribution < 1.29 is 86.4 Å². The van der Waals surface area contributed by atoms with E-state index in [-0.39, 0.29) is 17.7 Å². The molecule has 0 unspecified atom stereocenters. The number of hydrogen-bond acceptors (Lipinski definition) is 14. The number of benzene rings is 2. The number of nitrogens with zero attached hydrogens (tertiary/aromatic N) is 3. The number of carbonyl (C=O) groups is 13. The average molecular weight is 1160 g/mol. The third kappa shape index (κ3) is 20.3. The number of aromatic nitrogens is 1. The normalized spacial score (nSPS) is 14.2. The van der Waals surface area contributed by atoms with Gasteiger partial charge in [0.05, 0.1) is 18.9 Å². The van der Waals surface area contributed by atoms with Crippen molar-refractivity contribution in [3.05, 3.63) is 95.8 Å². The highest BCUT2D eigenvalue weighted by atomic mass is 19.1. The number of aliphatic hydroxyl groups excluding tert-OH is 1. The van der Waals surface area contributed by atoms with Gasteiger partial charge in [-0.05, 0) is 55.0 Å². The van der Waals surface area contributed by atoms with Gasteiger partial charge in [-0.15, -0.1) is 0 Å². The predicted molar refractivity (Wildman–Crippen MR) is 287 cm³/mol. The van der Waals surface area contributed by atoms with Crippen LogP contribution in [-0.4, -0.2) is 170 Å². The zero-order chi connectivity index (χ0) is 61.9. The topological polar surface area (TPSA) is 404 Å². The third-order valence-electron chi connectivity index (χ3n) is 12.6. The minimum atomic E-state index is -1.99. The summed E-state index contributed by atoms with van der Waals surface area (Å²) in [6.07, 6.45) is -0.296. The summed E-state index contributed by atoms with van der Waals surface area (Å²) in [4.78, 5) is 169. The number of carbonyl (C=O) groups excluding carboxylic acids is 11. The van der Waals surface area contributed by atoms with Crippen LogP contribution in [0.1, 0.15) is 84.0 Å². The first kappa shape index (κ1) is 66.1. The molecule has 11 amide bonds. The molecule has 0 spiro atoms. The fraction of sp³-hybridized carbons (Fsp3) is 0.426. The van der Waals surface area contributed by atoms with Gasteiger partial charge >= 0.3 is 11.9 Å². The largest absolute Gasteiger partial charge is 0.481 e. The number of halogens is 2. The molecule has 4 rings (SSSR count). The summed E-state index contributed by atoms with van der Waals surface area (Å²) in [7, 11) is 0. The number of rotatable bonds is 31. The molecular formula is C54H67F2N11O16. The summed E-state index contributed by atoms with van der Waals surface area (Å²) < 4.78 is 31.8. The molecule has 1 aromatic heterocycles. The summed E-state index contributed by atoms with van der Waals surface area (Å²) in [5, 5.41) is 45.6. The van der Waals surface area contributed by atoms with Gasteiger partial charge in [0.1, 0.15) is 55.0 Å². The molecule has 0 saturated carbocycles. The number of imide groups is 1. The maximum absolute atomic E-state index is 15.4. The second-order valence-corrected chi connectivity index (χ2v) is 20.3. The van der Waals surface area contributed by atoms with Crippen LogP contribution in [-0.2, 0) is 68.9 Å². The maximum atomic E-state index is 15.4. The molecule has 2 heterocycles. The van der Waals surface area contributed by atoms with Crippen molar-refractivity contribution in [2.45, 2.75) is 110 Å². The summed E-state index contributed by atoms with van der Waals surface area (Å²) in [5.41, 5.74) is 5.64. The molecule has 6 atom stereocenters. The lowest BCUT2D eigenvalue weighted by molar-refractivity contribution is -0.142. The fourth-order valence-corrected chi connectivity index (χ4v) is 8.77. The van der Waals surface area contributed by atoms with Gasteiger partial charge in [-0.25, -0.2) is 8.78 Å². The highest BCUT2D eigenvalue weighted by molar-refractivity contribution is 6.14. The van der Waals surface area contributed by atoms with Gasteiger partial charge in [0.15, 0.2) is 0 Å². The van der Waals surface area contributed by atoms with E-state index in [9.17, 15) is 82.0 Å². The van der Waals surface area contributed by atoms with Gasteiger partial charge in [0.25, 0.3) is 11.8 Å². The Labute approximate surface area is 474 Å². The maximum Gasteiger partial charge on any atom is 0.305 e. The highest BCUT2D eigenvalue weighted by Gasteiger charge is 2.39. The Bertz CT molecular complexity index is 2960. The number of nitrogens with one attached hydrogen (secondary N) is 7. The number of amides is 11. The lowest BCUT2D eigenvalue weighted by atomic mass is 9.82. The molecule has 448 valence electrons. The van der Waals surface area contributed by atoms with Crippen LogP contribution in [0.25, 0.3) is 11.1 Å². The Morgan fingerprint density at radius 1 is 0.699 bits per heavy atom. The van der Waals surface area contributed by atoms with Crippen molar-refractivity contribution in [3.8, 4) is 11.1 Å². The van der Waals surface area contributed by atoms with Crippen molar-refractivity contribution in [3.63, 3.8) is 0 Å². The van der Waals surface area contributed by atoms with Gasteiger partial charge in [0, 0.05) is 74.7 Å². The lowest BCUT2D eigenvalue weighted by Gasteiger charge is -2.41. The number of hydrogen-bond donors (Lipinski definition) is 11. The Hall–Kier alpha value is -9.41. The number of aliphatic carboxylic acids is 2. The zero-order valence-electron chi connectivity index (χ0n) is 46.0. The van der Waals surface area contributed by atoms with E-state index in [0.29, 0.717) is 10.6 Å². The van der Waals surface area contributed by atoms with E-state index in [0.717, 1.165) is 42.8 Å². The molecule has 1 aliphatic rings. The van der Waals surface area contributed by atoms with E-state index in [4.69, 9.17) is 5.73 Å². The average Bonchev–Trinajstić information content (AvgIpc) is 4.18. The van der Waals surface area contributed by atoms with Crippen molar-refractivity contribution in [2.75, 3.05) is 32.8 Å². The molecule has 0 fully saturated rings. The first-order valence-corrected chi connectivity index (χ1v) is 25.9. The molecular weight excluding hydrogens is 1100 g/mol. The van der Waals surface area contributed by atoms with Crippen LogP contribution in [0.5, 0.6) is 0 Å². The number of aliphatic hydroxyl groups is 1. The molecule has 1 aliphatic heterocycles. The van der Waals surface area contributed by atoms with Crippen molar-refractivity contribution in [1.82, 2.24) is 51.6 Å². The van der Waals surface area contributed by atoms with Crippen molar-refractivity contribution >= 4 is 76.9 Å². The van der Waals surface area contributed by atoms with Crippen LogP contribution in [0, 0.1) is 17.0 Å². The fourth-order valence-electron chi connectivity index (χ4n) is 8.77. The first-order valence-electron chi connectivity index (χ1n) is 25.9. The molecule has 0 saturated heterocycles. The van der Waals surface area contributed by atoms with Gasteiger partial charge in [-0.3, -0.25) is 67.2 Å². The van der Waals surface area contributed by atoms with Crippen molar-refractivity contribution in [1.29, 1.82) is 0 Å². The predicted octanol–water partition coefficient (Wildman–Crippen LogP) is -1.38. The lowest BCUT2D eigenvalue weighted by Crippen LogP contribution is -2.59. The second kappa shape index (κ2) is 30.4. The number of nitrogens with two attached hydrogens (primary N) is 1. The van der Waals surface area contributed by atoms with E-state index in [1.165, 1.54) is 17.9 Å². The third-order valence-corrected chi connectivity index (χ3v) is 12.6. The molecule has 12 N–H and O–H groups in total. The smallest absolute Gasteiger partial charge is 0.305 e. The monoisotopic (exact) mass is 1160 g/mol. The van der Waals surface area contributed by atoms with E-state index in [2.05, 4.69) is 37.2 Å². The minimum Gasteiger partial charge on any atom is -0.481 e. The zero-order valence-corrected chi connectivity index (χ0v) is 46.0.